The first-order chi connectivity index (χ1) is 16.6. The van der Waals surface area contributed by atoms with E-state index >= 15 is 0 Å². The van der Waals surface area contributed by atoms with E-state index < -0.39 is 16.1 Å². The average molecular weight is 504 g/mol. The summed E-state index contributed by atoms with van der Waals surface area (Å²) in [4.78, 5) is 27.7. The Hall–Kier alpha value is -3.07. The van der Waals surface area contributed by atoms with Gasteiger partial charge in [-0.1, -0.05) is 36.8 Å². The third-order valence-corrected chi connectivity index (χ3v) is 6.92. The highest BCUT2D eigenvalue weighted by molar-refractivity contribution is 7.92. The van der Waals surface area contributed by atoms with Crippen LogP contribution in [0.15, 0.2) is 48.5 Å². The fraction of sp³-hybridized carbons (Fsp3) is 0.462. The standard InChI is InChI=1S/C26H37N3O5S/c1-6-24(26(31)27-7-2)28(19-21-12-10-20(3)11-13-21)25(30)9-8-18-29(35(5,32)33)22-14-16-23(34-4)17-15-22/h10-17,24H,6-9,18-19H2,1-5H3,(H,27,31)/t24-/m1/s1. The van der Waals surface area contributed by atoms with E-state index in [1.807, 2.05) is 45.0 Å². The highest BCUT2D eigenvalue weighted by Crippen LogP contribution is 2.22. The molecule has 0 aliphatic rings. The number of carbonyl (C=O) groups excluding carboxylic acids is 2. The minimum Gasteiger partial charge on any atom is -0.497 e. The van der Waals surface area contributed by atoms with Gasteiger partial charge in [-0.25, -0.2) is 8.42 Å². The quantitative estimate of drug-likeness (QED) is 0.451. The number of hydrogen-bond donors (Lipinski definition) is 1. The van der Waals surface area contributed by atoms with Crippen molar-refractivity contribution in [2.24, 2.45) is 0 Å². The van der Waals surface area contributed by atoms with Crippen molar-refractivity contribution in [3.05, 3.63) is 59.7 Å². The van der Waals surface area contributed by atoms with Crippen molar-refractivity contribution >= 4 is 27.5 Å². The summed E-state index contributed by atoms with van der Waals surface area (Å²) in [6.45, 7) is 6.65. The van der Waals surface area contributed by atoms with Gasteiger partial charge in [-0.2, -0.15) is 0 Å². The lowest BCUT2D eigenvalue weighted by molar-refractivity contribution is -0.141. The van der Waals surface area contributed by atoms with Crippen LogP contribution in [0.4, 0.5) is 5.69 Å². The minimum absolute atomic E-state index is 0.115. The van der Waals surface area contributed by atoms with E-state index in [4.69, 9.17) is 4.74 Å². The lowest BCUT2D eigenvalue weighted by Gasteiger charge is -2.31. The number of aryl methyl sites for hydroxylation is 1. The summed E-state index contributed by atoms with van der Waals surface area (Å²) in [5.41, 5.74) is 2.55. The fourth-order valence-corrected chi connectivity index (χ4v) is 4.82. The van der Waals surface area contributed by atoms with E-state index in [1.165, 1.54) is 4.31 Å². The van der Waals surface area contributed by atoms with Crippen LogP contribution in [0.1, 0.15) is 44.2 Å². The third-order valence-electron chi connectivity index (χ3n) is 5.72. The molecule has 0 aliphatic carbocycles. The second kappa shape index (κ2) is 13.1. The number of hydrogen-bond acceptors (Lipinski definition) is 5. The zero-order valence-electron chi connectivity index (χ0n) is 21.3. The smallest absolute Gasteiger partial charge is 0.242 e. The maximum Gasteiger partial charge on any atom is 0.242 e. The van der Waals surface area contributed by atoms with Gasteiger partial charge >= 0.3 is 0 Å². The largest absolute Gasteiger partial charge is 0.497 e. The van der Waals surface area contributed by atoms with Crippen molar-refractivity contribution in [2.45, 2.75) is 52.6 Å². The van der Waals surface area contributed by atoms with E-state index in [1.54, 1.807) is 36.3 Å². The van der Waals surface area contributed by atoms with Gasteiger partial charge in [0.15, 0.2) is 0 Å². The summed E-state index contributed by atoms with van der Waals surface area (Å²) in [7, 11) is -2.00. The zero-order valence-corrected chi connectivity index (χ0v) is 22.1. The molecule has 0 aromatic heterocycles. The maximum atomic E-state index is 13.3. The molecule has 0 fully saturated rings. The van der Waals surface area contributed by atoms with Crippen LogP contribution in [0.5, 0.6) is 5.75 Å². The van der Waals surface area contributed by atoms with Crippen molar-refractivity contribution in [3.63, 3.8) is 0 Å². The predicted molar refractivity (Wildman–Crippen MR) is 139 cm³/mol. The molecule has 0 radical (unpaired) electrons. The van der Waals surface area contributed by atoms with Crippen molar-refractivity contribution < 1.29 is 22.7 Å². The van der Waals surface area contributed by atoms with Gasteiger partial charge in [-0.05, 0) is 56.5 Å². The average Bonchev–Trinajstić information content (AvgIpc) is 2.82. The summed E-state index contributed by atoms with van der Waals surface area (Å²) in [5, 5.41) is 2.82. The Kier molecular flexibility index (Phi) is 10.6. The molecule has 2 amide bonds. The second-order valence-corrected chi connectivity index (χ2v) is 10.4. The van der Waals surface area contributed by atoms with Gasteiger partial charge in [-0.15, -0.1) is 0 Å². The Labute approximate surface area is 209 Å². The van der Waals surface area contributed by atoms with Gasteiger partial charge in [0.1, 0.15) is 11.8 Å². The van der Waals surface area contributed by atoms with Crippen LogP contribution in [-0.4, -0.2) is 57.6 Å². The molecule has 0 saturated carbocycles. The van der Waals surface area contributed by atoms with Crippen molar-refractivity contribution in [1.29, 1.82) is 0 Å². The third kappa shape index (κ3) is 8.28. The Morgan fingerprint density at radius 3 is 2.17 bits per heavy atom. The zero-order chi connectivity index (χ0) is 26.0. The predicted octanol–water partition coefficient (Wildman–Crippen LogP) is 3.49. The highest BCUT2D eigenvalue weighted by Gasteiger charge is 2.28. The number of nitrogens with one attached hydrogen (secondary N) is 1. The molecule has 0 aliphatic heterocycles. The lowest BCUT2D eigenvalue weighted by Crippen LogP contribution is -2.49. The highest BCUT2D eigenvalue weighted by atomic mass is 32.2. The number of amides is 2. The normalized spacial score (nSPS) is 12.0. The molecule has 2 aromatic rings. The summed E-state index contributed by atoms with van der Waals surface area (Å²) in [5.74, 6) is 0.249. The van der Waals surface area contributed by atoms with Gasteiger partial charge in [0.05, 0.1) is 19.1 Å². The first-order valence-corrected chi connectivity index (χ1v) is 13.7. The second-order valence-electron chi connectivity index (χ2n) is 8.46. The Morgan fingerprint density at radius 2 is 1.66 bits per heavy atom. The lowest BCUT2D eigenvalue weighted by atomic mass is 10.1. The number of sulfonamides is 1. The number of likely N-dealkylation sites (N-methyl/N-ethyl adjacent to an activating group) is 1. The van der Waals surface area contributed by atoms with Gasteiger partial charge in [-0.3, -0.25) is 13.9 Å². The van der Waals surface area contributed by atoms with E-state index in [2.05, 4.69) is 5.32 Å². The molecule has 1 N–H and O–H groups in total. The van der Waals surface area contributed by atoms with Crippen molar-refractivity contribution in [1.82, 2.24) is 10.2 Å². The molecule has 35 heavy (non-hydrogen) atoms. The molecule has 2 aromatic carbocycles. The molecule has 0 heterocycles. The Balaban J connectivity index is 2.18. The van der Waals surface area contributed by atoms with Crippen LogP contribution in [0.2, 0.25) is 0 Å². The Morgan fingerprint density at radius 1 is 1.03 bits per heavy atom. The summed E-state index contributed by atoms with van der Waals surface area (Å²) >= 11 is 0. The van der Waals surface area contributed by atoms with Crippen molar-refractivity contribution in [3.8, 4) is 5.75 Å². The molecule has 2 rings (SSSR count). The van der Waals surface area contributed by atoms with Crippen LogP contribution < -0.4 is 14.4 Å². The molecule has 192 valence electrons. The number of ether oxygens (including phenoxy) is 1. The van der Waals surface area contributed by atoms with E-state index in [0.717, 1.165) is 17.4 Å². The summed E-state index contributed by atoms with van der Waals surface area (Å²) < 4.78 is 31.3. The molecular formula is C26H37N3O5S. The molecule has 0 spiro atoms. The number of benzene rings is 2. The minimum atomic E-state index is -3.55. The van der Waals surface area contributed by atoms with Gasteiger partial charge < -0.3 is 15.0 Å². The van der Waals surface area contributed by atoms with Crippen LogP contribution in [0, 0.1) is 6.92 Å². The van der Waals surface area contributed by atoms with E-state index in [9.17, 15) is 18.0 Å². The number of methoxy groups -OCH3 is 1. The number of nitrogens with zero attached hydrogens (tertiary/aromatic N) is 2. The number of anilines is 1. The van der Waals surface area contributed by atoms with Gasteiger partial charge in [0.2, 0.25) is 21.8 Å². The number of carbonyl (C=O) groups is 2. The van der Waals surface area contributed by atoms with Gasteiger partial charge in [0, 0.05) is 26.1 Å². The molecular weight excluding hydrogens is 466 g/mol. The van der Waals surface area contributed by atoms with Crippen LogP contribution in [0.3, 0.4) is 0 Å². The number of rotatable bonds is 13. The summed E-state index contributed by atoms with van der Waals surface area (Å²) in [6, 6.07) is 14.0. The van der Waals surface area contributed by atoms with E-state index in [0.29, 0.717) is 37.4 Å². The SMILES string of the molecule is CCNC(=O)[C@@H](CC)N(Cc1ccc(C)cc1)C(=O)CCCN(c1ccc(OC)cc1)S(C)(=O)=O. The first-order valence-electron chi connectivity index (χ1n) is 11.8. The molecule has 0 bridgehead atoms. The van der Waals surface area contributed by atoms with Crippen LogP contribution >= 0.6 is 0 Å². The molecule has 0 unspecified atom stereocenters. The fourth-order valence-electron chi connectivity index (χ4n) is 3.85. The van der Waals surface area contributed by atoms with Crippen LogP contribution in [0.25, 0.3) is 0 Å². The van der Waals surface area contributed by atoms with Gasteiger partial charge in [0.25, 0.3) is 0 Å². The maximum absolute atomic E-state index is 13.3. The molecule has 8 nitrogen and oxygen atoms in total. The molecule has 9 heteroatoms. The molecule has 1 atom stereocenters. The van der Waals surface area contributed by atoms with Crippen molar-refractivity contribution in [2.75, 3.05) is 30.8 Å². The van der Waals surface area contributed by atoms with Crippen LogP contribution in [-0.2, 0) is 26.2 Å². The first kappa shape index (κ1) is 28.2. The summed E-state index contributed by atoms with van der Waals surface area (Å²) in [6.07, 6.45) is 2.05. The van der Waals surface area contributed by atoms with E-state index in [-0.39, 0.29) is 24.8 Å². The topological polar surface area (TPSA) is 96.0 Å². The monoisotopic (exact) mass is 503 g/mol. The Bertz CT molecular complexity index is 1070. The molecule has 0 saturated heterocycles.